The van der Waals surface area contributed by atoms with Gasteiger partial charge in [-0.3, -0.25) is 0 Å². The summed E-state index contributed by atoms with van der Waals surface area (Å²) < 4.78 is 13.3. The van der Waals surface area contributed by atoms with Gasteiger partial charge >= 0.3 is 0 Å². The van der Waals surface area contributed by atoms with Gasteiger partial charge in [0, 0.05) is 11.6 Å². The Balaban J connectivity index is 2.39. The number of benzene rings is 2. The minimum Gasteiger partial charge on any atom is -0.399 e. The fraction of sp³-hybridized carbons (Fsp3) is 0.200. The molecule has 3 heteroatoms. The summed E-state index contributed by atoms with van der Waals surface area (Å²) in [6.07, 6.45) is 0.771. The number of hydrogen-bond acceptors (Lipinski definition) is 2. The summed E-state index contributed by atoms with van der Waals surface area (Å²) >= 11 is 0. The standard InChI is InChI=1S/C15H17FN2/c16-13-5-1-3-11(9-13)15(7-8-17)12-4-2-6-14(18)10-12/h1-6,9-10,15H,7-8,17-18H2. The van der Waals surface area contributed by atoms with E-state index in [2.05, 4.69) is 0 Å². The SMILES string of the molecule is NCCC(c1cccc(N)c1)c1cccc(F)c1. The number of nitrogen functional groups attached to an aromatic ring is 1. The van der Waals surface area contributed by atoms with Crippen LogP contribution >= 0.6 is 0 Å². The molecule has 0 saturated heterocycles. The molecule has 0 spiro atoms. The average molecular weight is 244 g/mol. The molecule has 2 nitrogen and oxygen atoms in total. The predicted molar refractivity (Wildman–Crippen MR) is 72.8 cm³/mol. The van der Waals surface area contributed by atoms with Crippen molar-refractivity contribution in [2.75, 3.05) is 12.3 Å². The Bertz CT molecular complexity index is 480. The van der Waals surface area contributed by atoms with Crippen LogP contribution < -0.4 is 11.5 Å². The molecule has 18 heavy (non-hydrogen) atoms. The van der Waals surface area contributed by atoms with E-state index in [0.29, 0.717) is 12.2 Å². The van der Waals surface area contributed by atoms with Crippen LogP contribution in [0.1, 0.15) is 23.5 Å². The average Bonchev–Trinajstić information content (AvgIpc) is 2.36. The molecule has 2 aromatic rings. The summed E-state index contributed by atoms with van der Waals surface area (Å²) in [5.74, 6) is -0.132. The van der Waals surface area contributed by atoms with Gasteiger partial charge in [-0.05, 0) is 48.4 Å². The van der Waals surface area contributed by atoms with Crippen molar-refractivity contribution in [3.05, 3.63) is 65.5 Å². The molecule has 0 radical (unpaired) electrons. The lowest BCUT2D eigenvalue weighted by Gasteiger charge is -2.17. The van der Waals surface area contributed by atoms with Gasteiger partial charge in [0.25, 0.3) is 0 Å². The Kier molecular flexibility index (Phi) is 3.95. The summed E-state index contributed by atoms with van der Waals surface area (Å²) in [5, 5.41) is 0. The Morgan fingerprint density at radius 1 is 1.00 bits per heavy atom. The highest BCUT2D eigenvalue weighted by Crippen LogP contribution is 2.29. The maximum atomic E-state index is 13.3. The molecular formula is C15H17FN2. The molecule has 0 saturated carbocycles. The summed E-state index contributed by atoms with van der Waals surface area (Å²) in [6, 6.07) is 14.3. The molecule has 2 rings (SSSR count). The third-order valence-corrected chi connectivity index (χ3v) is 3.02. The second kappa shape index (κ2) is 5.65. The van der Waals surface area contributed by atoms with Crippen LogP contribution in [0.3, 0.4) is 0 Å². The molecule has 1 atom stereocenters. The summed E-state index contributed by atoms with van der Waals surface area (Å²) in [7, 11) is 0. The van der Waals surface area contributed by atoms with E-state index in [4.69, 9.17) is 11.5 Å². The Hall–Kier alpha value is -1.87. The van der Waals surface area contributed by atoms with Gasteiger partial charge < -0.3 is 11.5 Å². The highest BCUT2D eigenvalue weighted by molar-refractivity contribution is 5.44. The maximum absolute atomic E-state index is 13.3. The second-order valence-corrected chi connectivity index (χ2v) is 4.36. The van der Waals surface area contributed by atoms with Crippen molar-refractivity contribution < 1.29 is 4.39 Å². The number of anilines is 1. The highest BCUT2D eigenvalue weighted by Gasteiger charge is 2.14. The summed E-state index contributed by atoms with van der Waals surface area (Å²) in [4.78, 5) is 0. The minimum atomic E-state index is -0.224. The molecule has 0 bridgehead atoms. The van der Waals surface area contributed by atoms with Crippen molar-refractivity contribution in [1.82, 2.24) is 0 Å². The van der Waals surface area contributed by atoms with Gasteiger partial charge in [-0.25, -0.2) is 4.39 Å². The number of nitrogens with two attached hydrogens (primary N) is 2. The quantitative estimate of drug-likeness (QED) is 0.812. The molecule has 0 aliphatic rings. The fourth-order valence-corrected chi connectivity index (χ4v) is 2.19. The van der Waals surface area contributed by atoms with E-state index in [9.17, 15) is 4.39 Å². The van der Waals surface area contributed by atoms with E-state index in [0.717, 1.165) is 17.5 Å². The van der Waals surface area contributed by atoms with Crippen LogP contribution in [0.5, 0.6) is 0 Å². The van der Waals surface area contributed by atoms with Gasteiger partial charge in [-0.15, -0.1) is 0 Å². The molecule has 0 aliphatic carbocycles. The van der Waals surface area contributed by atoms with E-state index in [1.165, 1.54) is 6.07 Å². The van der Waals surface area contributed by atoms with Crippen molar-refractivity contribution in [2.24, 2.45) is 5.73 Å². The largest absolute Gasteiger partial charge is 0.399 e. The number of halogens is 1. The third kappa shape index (κ3) is 2.87. The zero-order valence-electron chi connectivity index (χ0n) is 10.1. The minimum absolute atomic E-state index is 0.0919. The molecule has 1 unspecified atom stereocenters. The first kappa shape index (κ1) is 12.6. The van der Waals surface area contributed by atoms with E-state index in [1.54, 1.807) is 12.1 Å². The first-order valence-electron chi connectivity index (χ1n) is 6.01. The van der Waals surface area contributed by atoms with Crippen LogP contribution in [0.4, 0.5) is 10.1 Å². The van der Waals surface area contributed by atoms with Crippen molar-refractivity contribution in [2.45, 2.75) is 12.3 Å². The van der Waals surface area contributed by atoms with Crippen molar-refractivity contribution in [3.8, 4) is 0 Å². The zero-order valence-corrected chi connectivity index (χ0v) is 10.1. The van der Waals surface area contributed by atoms with Crippen molar-refractivity contribution in [1.29, 1.82) is 0 Å². The van der Waals surface area contributed by atoms with Gasteiger partial charge in [0.2, 0.25) is 0 Å². The zero-order chi connectivity index (χ0) is 13.0. The molecule has 0 fully saturated rings. The van der Waals surface area contributed by atoms with E-state index >= 15 is 0 Å². The lowest BCUT2D eigenvalue weighted by molar-refractivity contribution is 0.620. The lowest BCUT2D eigenvalue weighted by Crippen LogP contribution is -2.09. The summed E-state index contributed by atoms with van der Waals surface area (Å²) in [6.45, 7) is 0.552. The van der Waals surface area contributed by atoms with Gasteiger partial charge in [0.15, 0.2) is 0 Å². The number of hydrogen-bond donors (Lipinski definition) is 2. The smallest absolute Gasteiger partial charge is 0.123 e. The van der Waals surface area contributed by atoms with Crippen LogP contribution in [0.15, 0.2) is 48.5 Å². The fourth-order valence-electron chi connectivity index (χ4n) is 2.19. The van der Waals surface area contributed by atoms with E-state index in [1.807, 2.05) is 30.3 Å². The molecule has 0 heterocycles. The third-order valence-electron chi connectivity index (χ3n) is 3.02. The first-order valence-corrected chi connectivity index (χ1v) is 6.01. The first-order chi connectivity index (χ1) is 8.70. The van der Waals surface area contributed by atoms with Gasteiger partial charge in [-0.1, -0.05) is 24.3 Å². The topological polar surface area (TPSA) is 52.0 Å². The Morgan fingerprint density at radius 2 is 1.67 bits per heavy atom. The lowest BCUT2D eigenvalue weighted by atomic mass is 9.88. The molecule has 0 aliphatic heterocycles. The Morgan fingerprint density at radius 3 is 2.28 bits per heavy atom. The molecular weight excluding hydrogens is 227 g/mol. The highest BCUT2D eigenvalue weighted by atomic mass is 19.1. The maximum Gasteiger partial charge on any atom is 0.123 e. The molecule has 0 aromatic heterocycles. The van der Waals surface area contributed by atoms with E-state index < -0.39 is 0 Å². The monoisotopic (exact) mass is 244 g/mol. The molecule has 2 aromatic carbocycles. The van der Waals surface area contributed by atoms with Gasteiger partial charge in [0.1, 0.15) is 5.82 Å². The van der Waals surface area contributed by atoms with Gasteiger partial charge in [-0.2, -0.15) is 0 Å². The van der Waals surface area contributed by atoms with E-state index in [-0.39, 0.29) is 11.7 Å². The number of rotatable bonds is 4. The predicted octanol–water partition coefficient (Wildman–Crippen LogP) is 2.89. The molecule has 0 amide bonds. The van der Waals surface area contributed by atoms with Crippen LogP contribution in [-0.4, -0.2) is 6.54 Å². The normalized spacial score (nSPS) is 12.3. The Labute approximate surface area is 106 Å². The van der Waals surface area contributed by atoms with Crippen molar-refractivity contribution in [3.63, 3.8) is 0 Å². The van der Waals surface area contributed by atoms with Gasteiger partial charge in [0.05, 0.1) is 0 Å². The van der Waals surface area contributed by atoms with Crippen LogP contribution in [0.2, 0.25) is 0 Å². The molecule has 94 valence electrons. The van der Waals surface area contributed by atoms with Crippen LogP contribution in [-0.2, 0) is 0 Å². The summed E-state index contributed by atoms with van der Waals surface area (Å²) in [5.41, 5.74) is 14.2. The van der Waals surface area contributed by atoms with Crippen LogP contribution in [0.25, 0.3) is 0 Å². The van der Waals surface area contributed by atoms with Crippen LogP contribution in [0, 0.1) is 5.82 Å². The molecule has 4 N–H and O–H groups in total. The van der Waals surface area contributed by atoms with Crippen molar-refractivity contribution >= 4 is 5.69 Å². The second-order valence-electron chi connectivity index (χ2n) is 4.36.